The zero-order valence-corrected chi connectivity index (χ0v) is 8.49. The van der Waals surface area contributed by atoms with Gasteiger partial charge in [-0.2, -0.15) is 0 Å². The van der Waals surface area contributed by atoms with Crippen molar-refractivity contribution < 1.29 is 14.7 Å². The molecule has 1 saturated heterocycles. The number of rotatable bonds is 2. The SMILES string of the molecule is CC(=O)N1[C@H](CC(=O)O)CNC[C@H]1C. The van der Waals surface area contributed by atoms with Crippen LogP contribution in [0, 0.1) is 0 Å². The first kappa shape index (κ1) is 11.0. The first-order valence-corrected chi connectivity index (χ1v) is 4.73. The number of hydrogen-bond acceptors (Lipinski definition) is 3. The van der Waals surface area contributed by atoms with Gasteiger partial charge in [-0.1, -0.05) is 0 Å². The van der Waals surface area contributed by atoms with E-state index >= 15 is 0 Å². The van der Waals surface area contributed by atoms with Crippen molar-refractivity contribution in [1.29, 1.82) is 0 Å². The van der Waals surface area contributed by atoms with Crippen molar-refractivity contribution in [2.75, 3.05) is 13.1 Å². The molecule has 0 aromatic carbocycles. The molecular formula is C9H16N2O3. The number of nitrogens with one attached hydrogen (secondary N) is 1. The van der Waals surface area contributed by atoms with Crippen LogP contribution in [-0.2, 0) is 9.59 Å². The molecule has 1 aliphatic rings. The summed E-state index contributed by atoms with van der Waals surface area (Å²) in [5.41, 5.74) is 0. The van der Waals surface area contributed by atoms with E-state index in [4.69, 9.17) is 5.11 Å². The molecule has 0 aromatic rings. The van der Waals surface area contributed by atoms with E-state index in [9.17, 15) is 9.59 Å². The molecule has 0 aromatic heterocycles. The van der Waals surface area contributed by atoms with Crippen molar-refractivity contribution >= 4 is 11.9 Å². The zero-order chi connectivity index (χ0) is 10.7. The van der Waals surface area contributed by atoms with Crippen molar-refractivity contribution in [3.63, 3.8) is 0 Å². The van der Waals surface area contributed by atoms with Crippen LogP contribution in [-0.4, -0.2) is 47.1 Å². The van der Waals surface area contributed by atoms with E-state index in [2.05, 4.69) is 5.32 Å². The van der Waals surface area contributed by atoms with Crippen LogP contribution >= 0.6 is 0 Å². The highest BCUT2D eigenvalue weighted by atomic mass is 16.4. The number of hydrogen-bond donors (Lipinski definition) is 2. The molecule has 1 aliphatic heterocycles. The highest BCUT2D eigenvalue weighted by molar-refractivity contribution is 5.75. The number of piperazine rings is 1. The molecule has 5 nitrogen and oxygen atoms in total. The lowest BCUT2D eigenvalue weighted by Crippen LogP contribution is -2.58. The number of carbonyl (C=O) groups is 2. The maximum Gasteiger partial charge on any atom is 0.305 e. The summed E-state index contributed by atoms with van der Waals surface area (Å²) in [6.45, 7) is 4.70. The molecular weight excluding hydrogens is 184 g/mol. The van der Waals surface area contributed by atoms with Crippen LogP contribution in [0.4, 0.5) is 0 Å². The Morgan fingerprint density at radius 3 is 2.64 bits per heavy atom. The van der Waals surface area contributed by atoms with Gasteiger partial charge >= 0.3 is 5.97 Å². The number of carboxylic acid groups (broad SMARTS) is 1. The van der Waals surface area contributed by atoms with Crippen molar-refractivity contribution in [2.24, 2.45) is 0 Å². The Labute approximate surface area is 83.1 Å². The molecule has 80 valence electrons. The highest BCUT2D eigenvalue weighted by Crippen LogP contribution is 2.13. The average molecular weight is 200 g/mol. The van der Waals surface area contributed by atoms with Gasteiger partial charge in [0.15, 0.2) is 0 Å². The van der Waals surface area contributed by atoms with E-state index in [0.29, 0.717) is 6.54 Å². The van der Waals surface area contributed by atoms with Gasteiger partial charge in [0, 0.05) is 26.1 Å². The van der Waals surface area contributed by atoms with Crippen molar-refractivity contribution in [3.05, 3.63) is 0 Å². The standard InChI is InChI=1S/C9H16N2O3/c1-6-4-10-5-8(3-9(13)14)11(6)7(2)12/h6,8,10H,3-5H2,1-2H3,(H,13,14)/t6-,8-/m1/s1. The van der Waals surface area contributed by atoms with Crippen molar-refractivity contribution in [3.8, 4) is 0 Å². The Hall–Kier alpha value is -1.10. The molecule has 0 spiro atoms. The normalized spacial score (nSPS) is 27.4. The molecule has 0 aliphatic carbocycles. The minimum absolute atomic E-state index is 0.0108. The molecule has 0 unspecified atom stereocenters. The third-order valence-electron chi connectivity index (χ3n) is 2.46. The van der Waals surface area contributed by atoms with Crippen LogP contribution in [0.3, 0.4) is 0 Å². The van der Waals surface area contributed by atoms with E-state index < -0.39 is 5.97 Å². The summed E-state index contributed by atoms with van der Waals surface area (Å²) in [6.07, 6.45) is 0.0108. The topological polar surface area (TPSA) is 69.6 Å². The number of aliphatic carboxylic acids is 1. The van der Waals surface area contributed by atoms with Crippen LogP contribution in [0.1, 0.15) is 20.3 Å². The summed E-state index contributed by atoms with van der Waals surface area (Å²) in [5.74, 6) is -0.914. The lowest BCUT2D eigenvalue weighted by molar-refractivity contribution is -0.142. The molecule has 1 rings (SSSR count). The number of nitrogens with zero attached hydrogens (tertiary/aromatic N) is 1. The van der Waals surface area contributed by atoms with Gasteiger partial charge < -0.3 is 15.3 Å². The fourth-order valence-corrected chi connectivity index (χ4v) is 1.95. The lowest BCUT2D eigenvalue weighted by atomic mass is 10.1. The van der Waals surface area contributed by atoms with Gasteiger partial charge in [0.1, 0.15) is 0 Å². The third-order valence-corrected chi connectivity index (χ3v) is 2.46. The molecule has 5 heteroatoms. The van der Waals surface area contributed by atoms with Crippen molar-refractivity contribution in [2.45, 2.75) is 32.4 Å². The highest BCUT2D eigenvalue weighted by Gasteiger charge is 2.30. The summed E-state index contributed by atoms with van der Waals surface area (Å²) in [4.78, 5) is 23.5. The van der Waals surface area contributed by atoms with Gasteiger partial charge in [-0.25, -0.2) is 0 Å². The summed E-state index contributed by atoms with van der Waals surface area (Å²) in [6, 6.07) is -0.139. The van der Waals surface area contributed by atoms with Gasteiger partial charge in [-0.15, -0.1) is 0 Å². The Balaban J connectivity index is 2.69. The van der Waals surface area contributed by atoms with Gasteiger partial charge in [-0.05, 0) is 6.92 Å². The number of amides is 1. The number of carbonyl (C=O) groups excluding carboxylic acids is 1. The Kier molecular flexibility index (Phi) is 3.46. The van der Waals surface area contributed by atoms with Crippen LogP contribution < -0.4 is 5.32 Å². The maximum absolute atomic E-state index is 11.3. The zero-order valence-electron chi connectivity index (χ0n) is 8.49. The Morgan fingerprint density at radius 1 is 1.50 bits per heavy atom. The maximum atomic E-state index is 11.3. The van der Waals surface area contributed by atoms with Crippen molar-refractivity contribution in [1.82, 2.24) is 10.2 Å². The quantitative estimate of drug-likeness (QED) is 0.640. The van der Waals surface area contributed by atoms with Gasteiger partial charge in [0.2, 0.25) is 5.91 Å². The third kappa shape index (κ3) is 2.45. The molecule has 0 saturated carbocycles. The van der Waals surface area contributed by atoms with Gasteiger partial charge in [-0.3, -0.25) is 9.59 Å². The minimum Gasteiger partial charge on any atom is -0.481 e. The molecule has 1 heterocycles. The van der Waals surface area contributed by atoms with E-state index in [1.54, 1.807) is 4.90 Å². The second-order valence-corrected chi connectivity index (χ2v) is 3.69. The molecule has 2 atom stereocenters. The average Bonchev–Trinajstić information content (AvgIpc) is 2.01. The summed E-state index contributed by atoms with van der Waals surface area (Å²) in [5, 5.41) is 11.8. The second kappa shape index (κ2) is 4.41. The first-order valence-electron chi connectivity index (χ1n) is 4.73. The first-order chi connectivity index (χ1) is 6.52. The molecule has 2 N–H and O–H groups in total. The number of carboxylic acids is 1. The molecule has 14 heavy (non-hydrogen) atoms. The smallest absolute Gasteiger partial charge is 0.305 e. The van der Waals surface area contributed by atoms with Crippen LogP contribution in [0.15, 0.2) is 0 Å². The molecule has 1 fully saturated rings. The monoisotopic (exact) mass is 200 g/mol. The largest absolute Gasteiger partial charge is 0.481 e. The van der Waals surface area contributed by atoms with Crippen LogP contribution in [0.2, 0.25) is 0 Å². The molecule has 0 bridgehead atoms. The Morgan fingerprint density at radius 2 is 2.14 bits per heavy atom. The molecule has 0 radical (unpaired) electrons. The predicted molar refractivity (Wildman–Crippen MR) is 50.9 cm³/mol. The Bertz CT molecular complexity index is 242. The van der Waals surface area contributed by atoms with Gasteiger partial charge in [0.25, 0.3) is 0 Å². The van der Waals surface area contributed by atoms with E-state index in [1.807, 2.05) is 6.92 Å². The van der Waals surface area contributed by atoms with Crippen LogP contribution in [0.25, 0.3) is 0 Å². The fourth-order valence-electron chi connectivity index (χ4n) is 1.95. The minimum atomic E-state index is -0.864. The lowest BCUT2D eigenvalue weighted by Gasteiger charge is -2.40. The van der Waals surface area contributed by atoms with Gasteiger partial charge in [0.05, 0.1) is 12.5 Å². The predicted octanol–water partition coefficient (Wildman–Crippen LogP) is -0.330. The van der Waals surface area contributed by atoms with Crippen LogP contribution in [0.5, 0.6) is 0 Å². The van der Waals surface area contributed by atoms with E-state index in [1.165, 1.54) is 6.92 Å². The second-order valence-electron chi connectivity index (χ2n) is 3.69. The summed E-state index contributed by atoms with van der Waals surface area (Å²) in [7, 11) is 0. The fraction of sp³-hybridized carbons (Fsp3) is 0.778. The molecule has 1 amide bonds. The van der Waals surface area contributed by atoms with E-state index in [-0.39, 0.29) is 24.4 Å². The summed E-state index contributed by atoms with van der Waals surface area (Å²) >= 11 is 0. The summed E-state index contributed by atoms with van der Waals surface area (Å²) < 4.78 is 0. The van der Waals surface area contributed by atoms with E-state index in [0.717, 1.165) is 6.54 Å².